The lowest BCUT2D eigenvalue weighted by Crippen LogP contribution is -2.54. The van der Waals surface area contributed by atoms with E-state index in [1.807, 2.05) is 12.1 Å². The number of hydrogen-bond acceptors (Lipinski definition) is 11. The lowest BCUT2D eigenvalue weighted by atomic mass is 10.0. The Bertz CT molecular complexity index is 1870. The van der Waals surface area contributed by atoms with E-state index in [4.69, 9.17) is 5.73 Å². The first-order valence-electron chi connectivity index (χ1n) is 17.2. The summed E-state index contributed by atoms with van der Waals surface area (Å²) >= 11 is 0. The van der Waals surface area contributed by atoms with Crippen LogP contribution in [0, 0.1) is 0 Å². The van der Waals surface area contributed by atoms with E-state index in [2.05, 4.69) is 31.0 Å². The number of phenols is 1. The van der Waals surface area contributed by atoms with Crippen LogP contribution >= 0.6 is 0 Å². The number of benzene rings is 2. The number of para-hydroxylation sites is 1. The van der Waals surface area contributed by atoms with Crippen LogP contribution in [0.15, 0.2) is 48.5 Å². The van der Waals surface area contributed by atoms with Gasteiger partial charge >= 0.3 is 0 Å². The molecule has 2 fully saturated rings. The molecule has 1 unspecified atom stereocenters. The molecule has 0 saturated carbocycles. The van der Waals surface area contributed by atoms with E-state index < -0.39 is 29.7 Å². The molecule has 6 N–H and O–H groups in total. The van der Waals surface area contributed by atoms with Crippen molar-refractivity contribution in [2.75, 3.05) is 29.0 Å². The maximum absolute atomic E-state index is 13.2. The Morgan fingerprint density at radius 2 is 1.57 bits per heavy atom. The molecule has 15 nitrogen and oxygen atoms in total. The van der Waals surface area contributed by atoms with E-state index in [9.17, 15) is 33.9 Å². The predicted molar refractivity (Wildman–Crippen MR) is 186 cm³/mol. The zero-order valence-electron chi connectivity index (χ0n) is 28.0. The summed E-state index contributed by atoms with van der Waals surface area (Å²) in [6.45, 7) is 1.36. The van der Waals surface area contributed by atoms with Gasteiger partial charge in [0.2, 0.25) is 23.6 Å². The molecule has 0 radical (unpaired) electrons. The Balaban J connectivity index is 0.892. The van der Waals surface area contributed by atoms with Crippen molar-refractivity contribution in [3.63, 3.8) is 0 Å². The van der Waals surface area contributed by atoms with Crippen LogP contribution in [0.25, 0.3) is 11.3 Å². The van der Waals surface area contributed by atoms with Crippen LogP contribution in [-0.2, 0) is 19.2 Å². The number of aromatic nitrogens is 2. The third-order valence-electron chi connectivity index (χ3n) is 9.48. The van der Waals surface area contributed by atoms with Crippen LogP contribution in [-0.4, -0.2) is 80.8 Å². The van der Waals surface area contributed by atoms with Crippen molar-refractivity contribution in [1.29, 1.82) is 0 Å². The van der Waals surface area contributed by atoms with Crippen molar-refractivity contribution in [2.45, 2.75) is 76.3 Å². The van der Waals surface area contributed by atoms with E-state index >= 15 is 0 Å². The fourth-order valence-corrected chi connectivity index (χ4v) is 6.79. The maximum atomic E-state index is 13.2. The quantitative estimate of drug-likeness (QED) is 0.137. The van der Waals surface area contributed by atoms with Gasteiger partial charge in [-0.15, -0.1) is 10.2 Å². The van der Waals surface area contributed by atoms with Gasteiger partial charge in [-0.3, -0.25) is 39.0 Å². The number of nitrogens with zero attached hydrogens (tertiary/aromatic N) is 4. The second kappa shape index (κ2) is 15.4. The highest BCUT2D eigenvalue weighted by Crippen LogP contribution is 2.34. The van der Waals surface area contributed by atoms with Gasteiger partial charge in [-0.05, 0) is 62.4 Å². The molecular weight excluding hydrogens is 656 g/mol. The van der Waals surface area contributed by atoms with Gasteiger partial charge in [0, 0.05) is 44.0 Å². The van der Waals surface area contributed by atoms with Crippen LogP contribution in [0.3, 0.4) is 0 Å². The molecule has 1 atom stereocenters. The zero-order chi connectivity index (χ0) is 36.1. The second-order valence-electron chi connectivity index (χ2n) is 13.0. The molecule has 266 valence electrons. The number of fused-ring (bicyclic) bond motifs is 1. The number of imide groups is 2. The molecular formula is C36H40N8O7. The first-order chi connectivity index (χ1) is 24.6. The minimum Gasteiger partial charge on any atom is -0.507 e. The van der Waals surface area contributed by atoms with Crippen molar-refractivity contribution in [2.24, 2.45) is 0 Å². The van der Waals surface area contributed by atoms with Gasteiger partial charge < -0.3 is 26.4 Å². The lowest BCUT2D eigenvalue weighted by Gasteiger charge is -2.34. The summed E-state index contributed by atoms with van der Waals surface area (Å²) in [4.78, 5) is 78.5. The summed E-state index contributed by atoms with van der Waals surface area (Å²) in [5.74, 6) is -2.37. The molecule has 2 saturated heterocycles. The molecule has 6 rings (SSSR count). The maximum Gasteiger partial charge on any atom is 0.264 e. The predicted octanol–water partition coefficient (Wildman–Crippen LogP) is 2.90. The fraction of sp³-hybridized carbons (Fsp3) is 0.389. The normalized spacial score (nSPS) is 17.7. The molecule has 2 aromatic carbocycles. The van der Waals surface area contributed by atoms with Crippen molar-refractivity contribution in [3.8, 4) is 17.0 Å². The van der Waals surface area contributed by atoms with E-state index in [0.29, 0.717) is 49.4 Å². The van der Waals surface area contributed by atoms with Gasteiger partial charge in [0.15, 0.2) is 5.82 Å². The second-order valence-corrected chi connectivity index (χ2v) is 13.0. The van der Waals surface area contributed by atoms with Crippen molar-refractivity contribution < 1.29 is 33.9 Å². The van der Waals surface area contributed by atoms with Crippen LogP contribution in [0.5, 0.6) is 5.75 Å². The van der Waals surface area contributed by atoms with E-state index in [1.54, 1.807) is 30.3 Å². The van der Waals surface area contributed by atoms with Crippen LogP contribution in [0.4, 0.5) is 17.2 Å². The Kier molecular flexibility index (Phi) is 10.5. The topological polar surface area (TPSA) is 217 Å². The first kappa shape index (κ1) is 35.0. The number of amides is 6. The number of unbranched alkanes of at least 4 members (excludes halogenated alkanes) is 3. The Hall–Kier alpha value is -5.86. The number of nitrogen functional groups attached to an aromatic ring is 1. The SMILES string of the molecule is Nc1nnc(-c2ccccc2O)cc1N1CCC(NC(=O)CCCCCCC(=O)Nc2cccc3c2C(=O)N(C2CCC(=O)NC2=O)C3=O)CC1. The number of carbonyl (C=O) groups is 6. The van der Waals surface area contributed by atoms with Gasteiger partial charge in [-0.2, -0.15) is 0 Å². The molecule has 51 heavy (non-hydrogen) atoms. The summed E-state index contributed by atoms with van der Waals surface area (Å²) in [7, 11) is 0. The highest BCUT2D eigenvalue weighted by atomic mass is 16.3. The average Bonchev–Trinajstić information content (AvgIpc) is 3.37. The number of nitrogens with one attached hydrogen (secondary N) is 3. The molecule has 1 aromatic heterocycles. The highest BCUT2D eigenvalue weighted by Gasteiger charge is 2.45. The van der Waals surface area contributed by atoms with Crippen LogP contribution in [0.2, 0.25) is 0 Å². The van der Waals surface area contributed by atoms with Crippen molar-refractivity contribution >= 4 is 52.6 Å². The number of carbonyl (C=O) groups excluding carboxylic acids is 6. The van der Waals surface area contributed by atoms with Crippen LogP contribution < -0.4 is 26.6 Å². The third kappa shape index (κ3) is 7.82. The average molecular weight is 697 g/mol. The molecule has 0 spiro atoms. The smallest absolute Gasteiger partial charge is 0.264 e. The van der Waals surface area contributed by atoms with Gasteiger partial charge in [0.1, 0.15) is 11.8 Å². The molecule has 0 bridgehead atoms. The first-order valence-corrected chi connectivity index (χ1v) is 17.2. The van der Waals surface area contributed by atoms with Gasteiger partial charge in [0.25, 0.3) is 11.8 Å². The summed E-state index contributed by atoms with van der Waals surface area (Å²) in [5.41, 5.74) is 8.33. The summed E-state index contributed by atoms with van der Waals surface area (Å²) < 4.78 is 0. The molecule has 0 aliphatic carbocycles. The van der Waals surface area contributed by atoms with Gasteiger partial charge in [-0.25, -0.2) is 0 Å². The molecule has 3 aromatic rings. The minimum atomic E-state index is -1.09. The zero-order valence-corrected chi connectivity index (χ0v) is 28.0. The van der Waals surface area contributed by atoms with Crippen molar-refractivity contribution in [1.82, 2.24) is 25.7 Å². The van der Waals surface area contributed by atoms with Gasteiger partial charge in [0.05, 0.1) is 28.2 Å². The number of piperidine rings is 2. The van der Waals surface area contributed by atoms with Gasteiger partial charge in [-0.1, -0.05) is 31.0 Å². The van der Waals surface area contributed by atoms with E-state index in [-0.39, 0.29) is 59.7 Å². The highest BCUT2D eigenvalue weighted by molar-refractivity contribution is 6.26. The molecule has 15 heteroatoms. The number of hydrogen-bond donors (Lipinski definition) is 5. The standard InChI is InChI=1S/C36H40N8O7/c37-33-27(20-25(41-42-33)22-8-5-6-11-28(22)45)43-18-16-21(17-19-43)38-29(46)12-3-1-2-4-13-30(47)39-24-10-7-9-23-32(24)36(51)44(35(23)50)26-14-15-31(48)40-34(26)49/h5-11,20-21,26,45H,1-4,12-19H2,(H2,37,42)(H,38,46)(H,39,47)(H,40,48,49). The van der Waals surface area contributed by atoms with E-state index in [0.717, 1.165) is 36.3 Å². The largest absolute Gasteiger partial charge is 0.507 e. The lowest BCUT2D eigenvalue weighted by molar-refractivity contribution is -0.136. The monoisotopic (exact) mass is 696 g/mol. The Labute approximate surface area is 294 Å². The summed E-state index contributed by atoms with van der Waals surface area (Å²) in [6.07, 6.45) is 4.88. The fourth-order valence-electron chi connectivity index (χ4n) is 6.79. The number of phenolic OH excluding ortho intramolecular Hbond substituents is 1. The van der Waals surface area contributed by atoms with Crippen LogP contribution in [0.1, 0.15) is 84.9 Å². The number of nitrogens with two attached hydrogens (primary N) is 1. The molecule has 3 aliphatic rings. The molecule has 4 heterocycles. The number of rotatable bonds is 12. The molecule has 3 aliphatic heterocycles. The third-order valence-corrected chi connectivity index (χ3v) is 9.48. The summed E-state index contributed by atoms with van der Waals surface area (Å²) in [5, 5.41) is 26.5. The Morgan fingerprint density at radius 3 is 2.29 bits per heavy atom. The number of anilines is 3. The van der Waals surface area contributed by atoms with Crippen molar-refractivity contribution in [3.05, 3.63) is 59.7 Å². The molecule has 6 amide bonds. The number of aromatic hydroxyl groups is 1. The summed E-state index contributed by atoms with van der Waals surface area (Å²) in [6, 6.07) is 12.3. The van der Waals surface area contributed by atoms with E-state index in [1.165, 1.54) is 6.07 Å². The Morgan fingerprint density at radius 1 is 0.863 bits per heavy atom. The minimum absolute atomic E-state index is 0.0124.